The van der Waals surface area contributed by atoms with Gasteiger partial charge >= 0.3 is 5.97 Å². The molecule has 132 valence electrons. The number of halogens is 1. The minimum Gasteiger partial charge on any atom is -0.481 e. The molecule has 1 aliphatic carbocycles. The fraction of sp³-hybridized carbons (Fsp3) is 0.579. The van der Waals surface area contributed by atoms with Gasteiger partial charge < -0.3 is 10.4 Å². The summed E-state index contributed by atoms with van der Waals surface area (Å²) < 4.78 is 0.934. The van der Waals surface area contributed by atoms with Crippen LogP contribution in [0.3, 0.4) is 0 Å². The van der Waals surface area contributed by atoms with Crippen molar-refractivity contribution in [3.63, 3.8) is 0 Å². The predicted octanol–water partition coefficient (Wildman–Crippen LogP) is 4.80. The van der Waals surface area contributed by atoms with E-state index >= 15 is 0 Å². The maximum absolute atomic E-state index is 12.9. The van der Waals surface area contributed by atoms with Gasteiger partial charge in [0.2, 0.25) is 5.91 Å². The van der Waals surface area contributed by atoms with Crippen molar-refractivity contribution in [1.82, 2.24) is 0 Å². The first-order valence-corrected chi connectivity index (χ1v) is 9.28. The van der Waals surface area contributed by atoms with E-state index in [1.165, 1.54) is 0 Å². The maximum Gasteiger partial charge on any atom is 0.307 e. The third kappa shape index (κ3) is 3.51. The highest BCUT2D eigenvalue weighted by Gasteiger charge is 2.57. The predicted molar refractivity (Wildman–Crippen MR) is 98.7 cm³/mol. The van der Waals surface area contributed by atoms with Crippen LogP contribution in [0.4, 0.5) is 5.69 Å². The van der Waals surface area contributed by atoms with Gasteiger partial charge in [0.05, 0.1) is 11.8 Å². The zero-order valence-electron chi connectivity index (χ0n) is 14.7. The van der Waals surface area contributed by atoms with Gasteiger partial charge in [-0.15, -0.1) is 0 Å². The lowest BCUT2D eigenvalue weighted by Crippen LogP contribution is -2.35. The second-order valence-corrected chi connectivity index (χ2v) is 8.31. The van der Waals surface area contributed by atoms with Gasteiger partial charge in [0.25, 0.3) is 0 Å². The third-order valence-corrected chi connectivity index (χ3v) is 6.32. The van der Waals surface area contributed by atoms with Crippen LogP contribution in [0.2, 0.25) is 0 Å². The van der Waals surface area contributed by atoms with E-state index in [4.69, 9.17) is 0 Å². The molecule has 0 aliphatic heterocycles. The van der Waals surface area contributed by atoms with Crippen LogP contribution in [0.25, 0.3) is 0 Å². The van der Waals surface area contributed by atoms with E-state index < -0.39 is 17.8 Å². The highest BCUT2D eigenvalue weighted by Crippen LogP contribution is 2.56. The molecule has 0 aromatic heterocycles. The van der Waals surface area contributed by atoms with Crippen molar-refractivity contribution in [2.45, 2.75) is 40.5 Å². The number of rotatable bonds is 5. The maximum atomic E-state index is 12.9. The van der Waals surface area contributed by atoms with Crippen LogP contribution in [0.1, 0.15) is 40.5 Å². The zero-order valence-corrected chi connectivity index (χ0v) is 16.3. The quantitative estimate of drug-likeness (QED) is 0.752. The molecule has 4 unspecified atom stereocenters. The van der Waals surface area contributed by atoms with Crippen LogP contribution in [-0.4, -0.2) is 17.0 Å². The Balaban J connectivity index is 2.32. The monoisotopic (exact) mass is 395 g/mol. The molecule has 1 fully saturated rings. The lowest BCUT2D eigenvalue weighted by atomic mass is 9.72. The van der Waals surface area contributed by atoms with Crippen molar-refractivity contribution in [2.24, 2.45) is 29.1 Å². The number of hydrogen-bond acceptors (Lipinski definition) is 2. The number of nitrogens with one attached hydrogen (secondary N) is 1. The molecule has 1 aromatic carbocycles. The molecule has 1 aromatic rings. The van der Waals surface area contributed by atoms with Crippen LogP contribution < -0.4 is 5.32 Å². The Morgan fingerprint density at radius 2 is 1.79 bits per heavy atom. The van der Waals surface area contributed by atoms with Crippen molar-refractivity contribution >= 4 is 33.5 Å². The Bertz CT molecular complexity index is 612. The first-order chi connectivity index (χ1) is 11.2. The molecule has 5 heteroatoms. The minimum atomic E-state index is -0.870. The fourth-order valence-electron chi connectivity index (χ4n) is 4.16. The first-order valence-electron chi connectivity index (χ1n) is 8.49. The molecule has 4 nitrogen and oxygen atoms in total. The van der Waals surface area contributed by atoms with Gasteiger partial charge in [-0.2, -0.15) is 0 Å². The lowest BCUT2D eigenvalue weighted by molar-refractivity contribution is -0.147. The summed E-state index contributed by atoms with van der Waals surface area (Å²) in [7, 11) is 0. The standard InChI is InChI=1S/C19H26BrNO3/c1-5-6-14-16(15(18(23)24)11(2)19(14,3)4)17(22)21-13-9-7-12(20)8-10-13/h7-11,14-16H,5-6H2,1-4H3,(H,21,22)(H,23,24). The molecule has 2 rings (SSSR count). The number of amides is 1. The van der Waals surface area contributed by atoms with Crippen LogP contribution >= 0.6 is 15.9 Å². The van der Waals surface area contributed by atoms with Crippen molar-refractivity contribution in [2.75, 3.05) is 5.32 Å². The number of carboxylic acids is 1. The molecular weight excluding hydrogens is 370 g/mol. The summed E-state index contributed by atoms with van der Waals surface area (Å²) >= 11 is 3.37. The number of carbonyl (C=O) groups is 2. The third-order valence-electron chi connectivity index (χ3n) is 5.79. The van der Waals surface area contributed by atoms with Crippen molar-refractivity contribution in [3.05, 3.63) is 28.7 Å². The lowest BCUT2D eigenvalue weighted by Gasteiger charge is -2.32. The zero-order chi connectivity index (χ0) is 18.1. The van der Waals surface area contributed by atoms with E-state index in [1.54, 1.807) is 0 Å². The van der Waals surface area contributed by atoms with E-state index in [9.17, 15) is 14.7 Å². The Labute approximate surface area is 152 Å². The van der Waals surface area contributed by atoms with Crippen LogP contribution in [-0.2, 0) is 9.59 Å². The van der Waals surface area contributed by atoms with Gasteiger partial charge in [-0.25, -0.2) is 0 Å². The number of carboxylic acid groups (broad SMARTS) is 1. The summed E-state index contributed by atoms with van der Waals surface area (Å²) in [6, 6.07) is 7.34. The molecule has 0 radical (unpaired) electrons. The molecular formula is C19H26BrNO3. The van der Waals surface area contributed by atoms with E-state index in [1.807, 2.05) is 31.2 Å². The smallest absolute Gasteiger partial charge is 0.307 e. The van der Waals surface area contributed by atoms with Crippen molar-refractivity contribution in [1.29, 1.82) is 0 Å². The summed E-state index contributed by atoms with van der Waals surface area (Å²) in [4.78, 5) is 24.8. The van der Waals surface area contributed by atoms with E-state index in [2.05, 4.69) is 42.0 Å². The molecule has 1 aliphatic rings. The summed E-state index contributed by atoms with van der Waals surface area (Å²) in [5.74, 6) is -2.19. The summed E-state index contributed by atoms with van der Waals surface area (Å²) in [5, 5.41) is 12.7. The number of anilines is 1. The van der Waals surface area contributed by atoms with E-state index in [0.717, 1.165) is 17.3 Å². The number of hydrogen-bond donors (Lipinski definition) is 2. The Hall–Kier alpha value is -1.36. The molecule has 0 spiro atoms. The van der Waals surface area contributed by atoms with Crippen LogP contribution in [0.5, 0.6) is 0 Å². The number of aliphatic carboxylic acids is 1. The largest absolute Gasteiger partial charge is 0.481 e. The summed E-state index contributed by atoms with van der Waals surface area (Å²) in [5.41, 5.74) is 0.515. The van der Waals surface area contributed by atoms with Gasteiger partial charge in [0.15, 0.2) is 0 Å². The normalized spacial score (nSPS) is 28.5. The minimum absolute atomic E-state index is 0.0489. The number of benzene rings is 1. The van der Waals surface area contributed by atoms with Gasteiger partial charge in [-0.3, -0.25) is 9.59 Å². The highest BCUT2D eigenvalue weighted by atomic mass is 79.9. The molecule has 1 saturated carbocycles. The average Bonchev–Trinajstić information content (AvgIpc) is 2.70. The molecule has 0 bridgehead atoms. The summed E-state index contributed by atoms with van der Waals surface area (Å²) in [6.45, 7) is 8.24. The van der Waals surface area contributed by atoms with Crippen LogP contribution in [0.15, 0.2) is 28.7 Å². The van der Waals surface area contributed by atoms with Gasteiger partial charge in [-0.1, -0.05) is 50.0 Å². The first kappa shape index (κ1) is 19.0. The topological polar surface area (TPSA) is 66.4 Å². The highest BCUT2D eigenvalue weighted by molar-refractivity contribution is 9.10. The number of carbonyl (C=O) groups excluding carboxylic acids is 1. The second-order valence-electron chi connectivity index (χ2n) is 7.39. The average molecular weight is 396 g/mol. The van der Waals surface area contributed by atoms with Gasteiger partial charge in [-0.05, 0) is 47.9 Å². The molecule has 0 heterocycles. The van der Waals surface area contributed by atoms with E-state index in [-0.39, 0.29) is 23.2 Å². The van der Waals surface area contributed by atoms with E-state index in [0.29, 0.717) is 5.69 Å². The Morgan fingerprint density at radius 1 is 1.21 bits per heavy atom. The van der Waals surface area contributed by atoms with Gasteiger partial charge in [0.1, 0.15) is 0 Å². The SMILES string of the molecule is CCCC1C(C(=O)Nc2ccc(Br)cc2)C(C(=O)O)C(C)C1(C)C. The molecule has 1 amide bonds. The fourth-order valence-corrected chi connectivity index (χ4v) is 4.42. The summed E-state index contributed by atoms with van der Waals surface area (Å²) in [6.07, 6.45) is 1.80. The van der Waals surface area contributed by atoms with Crippen LogP contribution in [0, 0.1) is 29.1 Å². The molecule has 24 heavy (non-hydrogen) atoms. The van der Waals surface area contributed by atoms with Crippen molar-refractivity contribution in [3.8, 4) is 0 Å². The molecule has 2 N–H and O–H groups in total. The molecule has 0 saturated heterocycles. The second kappa shape index (κ2) is 7.26. The Morgan fingerprint density at radius 3 is 2.29 bits per heavy atom. The van der Waals surface area contributed by atoms with Gasteiger partial charge in [0, 0.05) is 10.2 Å². The molecule has 4 atom stereocenters. The van der Waals surface area contributed by atoms with Crippen molar-refractivity contribution < 1.29 is 14.7 Å². The Kier molecular flexibility index (Phi) is 5.74.